The van der Waals surface area contributed by atoms with E-state index < -0.39 is 0 Å². The average molecular weight is 192 g/mol. The standard InChI is InChI=1S/C7H14BrN/c8-4-1-2-5-9-6-3-7-9/h1-7H2. The Kier molecular flexibility index (Phi) is 3.59. The number of rotatable bonds is 4. The number of unbranched alkanes of at least 4 members (excludes halogenated alkanes) is 1. The minimum atomic E-state index is 1.17. The molecule has 0 aromatic rings. The van der Waals surface area contributed by atoms with Gasteiger partial charge >= 0.3 is 0 Å². The molecule has 1 saturated heterocycles. The molecule has 0 saturated carbocycles. The molecular formula is C7H14BrN. The first-order chi connectivity index (χ1) is 4.43. The van der Waals surface area contributed by atoms with Crippen molar-refractivity contribution >= 4 is 15.9 Å². The molecule has 0 aromatic carbocycles. The Hall–Kier alpha value is 0.440. The molecule has 0 atom stereocenters. The van der Waals surface area contributed by atoms with Crippen LogP contribution in [-0.4, -0.2) is 29.9 Å². The second-order valence-electron chi connectivity index (χ2n) is 2.59. The van der Waals surface area contributed by atoms with Crippen molar-refractivity contribution in [3.8, 4) is 0 Å². The van der Waals surface area contributed by atoms with Gasteiger partial charge in [0.15, 0.2) is 0 Å². The van der Waals surface area contributed by atoms with Crippen molar-refractivity contribution in [1.29, 1.82) is 0 Å². The summed E-state index contributed by atoms with van der Waals surface area (Å²) in [7, 11) is 0. The molecule has 1 rings (SSSR count). The maximum absolute atomic E-state index is 3.42. The lowest BCUT2D eigenvalue weighted by Crippen LogP contribution is -2.37. The Morgan fingerprint density at radius 1 is 1.22 bits per heavy atom. The molecule has 1 fully saturated rings. The first-order valence-electron chi connectivity index (χ1n) is 3.72. The van der Waals surface area contributed by atoms with E-state index in [1.807, 2.05) is 0 Å². The van der Waals surface area contributed by atoms with Crippen molar-refractivity contribution in [3.05, 3.63) is 0 Å². The van der Waals surface area contributed by atoms with Crippen LogP contribution in [0.15, 0.2) is 0 Å². The molecule has 0 N–H and O–H groups in total. The van der Waals surface area contributed by atoms with Crippen LogP contribution in [0, 0.1) is 0 Å². The quantitative estimate of drug-likeness (QED) is 0.485. The highest BCUT2D eigenvalue weighted by Gasteiger charge is 2.11. The van der Waals surface area contributed by atoms with Crippen molar-refractivity contribution in [2.75, 3.05) is 25.0 Å². The van der Waals surface area contributed by atoms with Gasteiger partial charge in [-0.05, 0) is 38.9 Å². The number of alkyl halides is 1. The van der Waals surface area contributed by atoms with Crippen LogP contribution >= 0.6 is 15.9 Å². The number of halogens is 1. The summed E-state index contributed by atoms with van der Waals surface area (Å²) in [5, 5.41) is 1.17. The molecule has 0 spiro atoms. The van der Waals surface area contributed by atoms with Crippen LogP contribution in [-0.2, 0) is 0 Å². The molecule has 9 heavy (non-hydrogen) atoms. The van der Waals surface area contributed by atoms with Crippen molar-refractivity contribution < 1.29 is 0 Å². The molecule has 0 aromatic heterocycles. The monoisotopic (exact) mass is 191 g/mol. The third kappa shape index (κ3) is 2.67. The summed E-state index contributed by atoms with van der Waals surface area (Å²) in [4.78, 5) is 2.52. The van der Waals surface area contributed by atoms with Crippen LogP contribution in [0.4, 0.5) is 0 Å². The summed E-state index contributed by atoms with van der Waals surface area (Å²) in [6.07, 6.45) is 4.12. The van der Waals surface area contributed by atoms with Crippen LogP contribution in [0.3, 0.4) is 0 Å². The van der Waals surface area contributed by atoms with E-state index in [-0.39, 0.29) is 0 Å². The molecule has 1 nitrogen and oxygen atoms in total. The van der Waals surface area contributed by atoms with Gasteiger partial charge in [-0.3, -0.25) is 0 Å². The lowest BCUT2D eigenvalue weighted by Gasteiger charge is -2.30. The van der Waals surface area contributed by atoms with Gasteiger partial charge in [-0.2, -0.15) is 0 Å². The SMILES string of the molecule is BrCCCCN1CCC1. The Balaban J connectivity index is 1.80. The Labute approximate surface area is 65.6 Å². The molecule has 0 radical (unpaired) electrons. The van der Waals surface area contributed by atoms with Gasteiger partial charge in [-0.25, -0.2) is 0 Å². The van der Waals surface area contributed by atoms with Gasteiger partial charge in [-0.15, -0.1) is 0 Å². The molecular weight excluding hydrogens is 178 g/mol. The highest BCUT2D eigenvalue weighted by Crippen LogP contribution is 2.07. The largest absolute Gasteiger partial charge is 0.303 e. The Bertz CT molecular complexity index is 71.3. The van der Waals surface area contributed by atoms with E-state index >= 15 is 0 Å². The van der Waals surface area contributed by atoms with E-state index in [1.54, 1.807) is 0 Å². The number of likely N-dealkylation sites (tertiary alicyclic amines) is 1. The van der Waals surface area contributed by atoms with Gasteiger partial charge in [0.1, 0.15) is 0 Å². The van der Waals surface area contributed by atoms with E-state index in [0.29, 0.717) is 0 Å². The van der Waals surface area contributed by atoms with Gasteiger partial charge in [0.25, 0.3) is 0 Å². The third-order valence-electron chi connectivity index (χ3n) is 1.81. The fourth-order valence-corrected chi connectivity index (χ4v) is 1.43. The van der Waals surface area contributed by atoms with E-state index in [1.165, 1.54) is 44.2 Å². The number of hydrogen-bond acceptors (Lipinski definition) is 1. The molecule has 0 bridgehead atoms. The van der Waals surface area contributed by atoms with Crippen LogP contribution in [0.5, 0.6) is 0 Å². The molecule has 1 aliphatic rings. The van der Waals surface area contributed by atoms with E-state index in [4.69, 9.17) is 0 Å². The van der Waals surface area contributed by atoms with Gasteiger partial charge in [0, 0.05) is 5.33 Å². The normalized spacial score (nSPS) is 19.7. The maximum Gasteiger partial charge on any atom is 0.00317 e. The highest BCUT2D eigenvalue weighted by atomic mass is 79.9. The van der Waals surface area contributed by atoms with Crippen molar-refractivity contribution in [2.24, 2.45) is 0 Å². The van der Waals surface area contributed by atoms with Crippen molar-refractivity contribution in [2.45, 2.75) is 19.3 Å². The summed E-state index contributed by atoms with van der Waals surface area (Å²) < 4.78 is 0. The predicted molar refractivity (Wildman–Crippen MR) is 44.1 cm³/mol. The zero-order chi connectivity index (χ0) is 6.53. The summed E-state index contributed by atoms with van der Waals surface area (Å²) in [5.74, 6) is 0. The number of nitrogens with zero attached hydrogens (tertiary/aromatic N) is 1. The zero-order valence-electron chi connectivity index (χ0n) is 5.77. The second-order valence-corrected chi connectivity index (χ2v) is 3.38. The Morgan fingerprint density at radius 2 is 2.00 bits per heavy atom. The smallest absolute Gasteiger partial charge is 0.00317 e. The fourth-order valence-electron chi connectivity index (χ4n) is 1.04. The van der Waals surface area contributed by atoms with Crippen molar-refractivity contribution in [3.63, 3.8) is 0 Å². The van der Waals surface area contributed by atoms with Crippen LogP contribution in [0.2, 0.25) is 0 Å². The van der Waals surface area contributed by atoms with Crippen LogP contribution in [0.1, 0.15) is 19.3 Å². The van der Waals surface area contributed by atoms with E-state index in [9.17, 15) is 0 Å². The van der Waals surface area contributed by atoms with E-state index in [0.717, 1.165) is 0 Å². The molecule has 0 aliphatic carbocycles. The van der Waals surface area contributed by atoms with Gasteiger partial charge < -0.3 is 4.90 Å². The minimum Gasteiger partial charge on any atom is -0.303 e. The minimum absolute atomic E-state index is 1.17. The molecule has 1 aliphatic heterocycles. The fraction of sp³-hybridized carbons (Fsp3) is 1.00. The van der Waals surface area contributed by atoms with Crippen molar-refractivity contribution in [1.82, 2.24) is 4.90 Å². The Morgan fingerprint density at radius 3 is 2.44 bits per heavy atom. The molecule has 1 heterocycles. The summed E-state index contributed by atoms with van der Waals surface area (Å²) >= 11 is 3.42. The number of hydrogen-bond donors (Lipinski definition) is 0. The van der Waals surface area contributed by atoms with Gasteiger partial charge in [0.2, 0.25) is 0 Å². The first-order valence-corrected chi connectivity index (χ1v) is 4.84. The van der Waals surface area contributed by atoms with Crippen LogP contribution in [0.25, 0.3) is 0 Å². The second kappa shape index (κ2) is 4.29. The maximum atomic E-state index is 3.42. The van der Waals surface area contributed by atoms with Gasteiger partial charge in [-0.1, -0.05) is 15.9 Å². The van der Waals surface area contributed by atoms with E-state index in [2.05, 4.69) is 20.8 Å². The average Bonchev–Trinajstić information content (AvgIpc) is 1.76. The van der Waals surface area contributed by atoms with Gasteiger partial charge in [0.05, 0.1) is 0 Å². The summed E-state index contributed by atoms with van der Waals surface area (Å²) in [5.41, 5.74) is 0. The predicted octanol–water partition coefficient (Wildman–Crippen LogP) is 1.87. The zero-order valence-corrected chi connectivity index (χ0v) is 7.36. The molecule has 2 heteroatoms. The molecule has 54 valence electrons. The molecule has 0 amide bonds. The lowest BCUT2D eigenvalue weighted by molar-refractivity contribution is 0.179. The highest BCUT2D eigenvalue weighted by molar-refractivity contribution is 9.09. The molecule has 0 unspecified atom stereocenters. The summed E-state index contributed by atoms with van der Waals surface area (Å²) in [6, 6.07) is 0. The topological polar surface area (TPSA) is 3.24 Å². The lowest BCUT2D eigenvalue weighted by atomic mass is 10.2. The van der Waals surface area contributed by atoms with Crippen LogP contribution < -0.4 is 0 Å². The first kappa shape index (κ1) is 7.55. The summed E-state index contributed by atoms with van der Waals surface area (Å²) in [6.45, 7) is 4.02. The third-order valence-corrected chi connectivity index (χ3v) is 2.37.